The van der Waals surface area contributed by atoms with Crippen molar-refractivity contribution in [3.63, 3.8) is 0 Å². The average molecular weight is 599 g/mol. The summed E-state index contributed by atoms with van der Waals surface area (Å²) in [5, 5.41) is 26.7. The van der Waals surface area contributed by atoms with E-state index in [0.29, 0.717) is 11.1 Å². The molecule has 0 bridgehead atoms. The zero-order chi connectivity index (χ0) is 30.4. The Bertz CT molecular complexity index is 1830. The number of H-pyrrole nitrogens is 1. The molecule has 1 heterocycles. The molecule has 1 aromatic heterocycles. The number of aliphatic hydroxyl groups excluding tert-OH is 1. The van der Waals surface area contributed by atoms with Crippen LogP contribution in [0.2, 0.25) is 0 Å². The van der Waals surface area contributed by atoms with Gasteiger partial charge in [0.05, 0.1) is 22.0 Å². The van der Waals surface area contributed by atoms with Crippen molar-refractivity contribution < 1.29 is 23.2 Å². The van der Waals surface area contributed by atoms with Crippen LogP contribution in [0.3, 0.4) is 0 Å². The molecule has 2 atom stereocenters. The molecule has 0 spiro atoms. The highest BCUT2D eigenvalue weighted by molar-refractivity contribution is 7.89. The SMILES string of the molecule is O=C(N[C@@H](Cc1ccccc1)[C@H](O)CN(Cc1ccccc1)S(=O)(=O)c1cccc([N+](=O)[O-])c1)c1ccc2[nH]ccc2c1. The minimum atomic E-state index is -4.30. The topological polar surface area (TPSA) is 146 Å². The Kier molecular flexibility index (Phi) is 8.96. The summed E-state index contributed by atoms with van der Waals surface area (Å²) in [4.78, 5) is 26.9. The summed E-state index contributed by atoms with van der Waals surface area (Å²) in [7, 11) is -4.30. The lowest BCUT2D eigenvalue weighted by molar-refractivity contribution is -0.385. The van der Waals surface area contributed by atoms with E-state index in [1.807, 2.05) is 36.4 Å². The predicted molar refractivity (Wildman–Crippen MR) is 163 cm³/mol. The lowest BCUT2D eigenvalue weighted by atomic mass is 10.00. The molecule has 0 saturated carbocycles. The molecule has 5 rings (SSSR count). The summed E-state index contributed by atoms with van der Waals surface area (Å²) in [6.45, 7) is -0.479. The van der Waals surface area contributed by atoms with Gasteiger partial charge in [0.2, 0.25) is 10.0 Å². The third kappa shape index (κ3) is 7.15. The molecule has 4 aromatic carbocycles. The van der Waals surface area contributed by atoms with Crippen molar-refractivity contribution in [3.8, 4) is 0 Å². The van der Waals surface area contributed by atoms with Crippen LogP contribution >= 0.6 is 0 Å². The van der Waals surface area contributed by atoms with E-state index in [2.05, 4.69) is 10.3 Å². The van der Waals surface area contributed by atoms with Gasteiger partial charge in [0, 0.05) is 47.9 Å². The maximum atomic E-state index is 13.9. The van der Waals surface area contributed by atoms with E-state index in [0.717, 1.165) is 26.8 Å². The van der Waals surface area contributed by atoms with Crippen LogP contribution in [0.15, 0.2) is 120 Å². The molecule has 1 amide bonds. The first kappa shape index (κ1) is 29.6. The Morgan fingerprint density at radius 1 is 0.907 bits per heavy atom. The minimum Gasteiger partial charge on any atom is -0.390 e. The van der Waals surface area contributed by atoms with Crippen molar-refractivity contribution in [1.29, 1.82) is 0 Å². The van der Waals surface area contributed by atoms with Crippen LogP contribution in [0, 0.1) is 10.1 Å². The number of nitro groups is 1. The number of aliphatic hydroxyl groups is 1. The Morgan fingerprint density at radius 2 is 1.60 bits per heavy atom. The minimum absolute atomic E-state index is 0.0981. The van der Waals surface area contributed by atoms with Crippen molar-refractivity contribution in [2.45, 2.75) is 30.0 Å². The molecule has 0 saturated heterocycles. The fraction of sp³-hybridized carbons (Fsp3) is 0.156. The number of hydrogen-bond donors (Lipinski definition) is 3. The van der Waals surface area contributed by atoms with Gasteiger partial charge in [-0.05, 0) is 47.9 Å². The Morgan fingerprint density at radius 3 is 2.30 bits per heavy atom. The first-order valence-electron chi connectivity index (χ1n) is 13.6. The predicted octanol–water partition coefficient (Wildman–Crippen LogP) is 4.67. The number of nitro benzene ring substituents is 1. The number of benzene rings is 4. The maximum Gasteiger partial charge on any atom is 0.270 e. The largest absolute Gasteiger partial charge is 0.390 e. The number of amides is 1. The van der Waals surface area contributed by atoms with E-state index in [-0.39, 0.29) is 30.1 Å². The Hall–Kier alpha value is -4.84. The second-order valence-corrected chi connectivity index (χ2v) is 12.1. The molecule has 5 aromatic rings. The van der Waals surface area contributed by atoms with Crippen molar-refractivity contribution in [1.82, 2.24) is 14.6 Å². The van der Waals surface area contributed by atoms with Crippen molar-refractivity contribution in [2.24, 2.45) is 0 Å². The summed E-state index contributed by atoms with van der Waals surface area (Å²) < 4.78 is 28.8. The highest BCUT2D eigenvalue weighted by Crippen LogP contribution is 2.24. The van der Waals surface area contributed by atoms with Gasteiger partial charge in [0.1, 0.15) is 0 Å². The van der Waals surface area contributed by atoms with E-state index in [9.17, 15) is 28.4 Å². The number of rotatable bonds is 12. The third-order valence-corrected chi connectivity index (χ3v) is 8.96. The van der Waals surface area contributed by atoms with Crippen molar-refractivity contribution in [2.75, 3.05) is 6.54 Å². The van der Waals surface area contributed by atoms with Gasteiger partial charge in [-0.25, -0.2) is 8.42 Å². The number of hydrogen-bond acceptors (Lipinski definition) is 6. The first-order chi connectivity index (χ1) is 20.7. The van der Waals surface area contributed by atoms with Gasteiger partial charge in [-0.3, -0.25) is 14.9 Å². The maximum absolute atomic E-state index is 13.9. The molecule has 11 heteroatoms. The summed E-state index contributed by atoms with van der Waals surface area (Å²) >= 11 is 0. The number of aromatic nitrogens is 1. The van der Waals surface area contributed by atoms with Crippen LogP contribution in [0.5, 0.6) is 0 Å². The van der Waals surface area contributed by atoms with Crippen LogP contribution in [0.4, 0.5) is 5.69 Å². The quantitative estimate of drug-likeness (QED) is 0.141. The van der Waals surface area contributed by atoms with E-state index in [4.69, 9.17) is 0 Å². The standard InChI is InChI=1S/C32H30N4O6S/c37-31(22-35(21-24-10-5-2-6-11-24)43(41,42)28-13-7-12-27(20-28)36(39)40)30(18-23-8-3-1-4-9-23)34-32(38)26-14-15-29-25(19-26)16-17-33-29/h1-17,19-20,30-31,33,37H,18,21-22H2,(H,34,38)/t30-,31+/m0/s1. The van der Waals surface area contributed by atoms with Crippen LogP contribution in [-0.4, -0.2) is 52.3 Å². The molecule has 0 fully saturated rings. The second-order valence-electron chi connectivity index (χ2n) is 10.2. The molecule has 0 aliphatic heterocycles. The smallest absolute Gasteiger partial charge is 0.270 e. The van der Waals surface area contributed by atoms with Gasteiger partial charge in [-0.2, -0.15) is 4.31 Å². The molecule has 0 unspecified atom stereocenters. The molecular weight excluding hydrogens is 568 g/mol. The molecule has 10 nitrogen and oxygen atoms in total. The number of fused-ring (bicyclic) bond motifs is 1. The van der Waals surface area contributed by atoms with Gasteiger partial charge in [-0.15, -0.1) is 0 Å². The zero-order valence-corrected chi connectivity index (χ0v) is 23.9. The number of carbonyl (C=O) groups is 1. The van der Waals surface area contributed by atoms with Gasteiger partial charge < -0.3 is 15.4 Å². The lowest BCUT2D eigenvalue weighted by Crippen LogP contribution is -2.50. The lowest BCUT2D eigenvalue weighted by Gasteiger charge is -2.30. The highest BCUT2D eigenvalue weighted by atomic mass is 32.2. The Balaban J connectivity index is 1.46. The van der Waals surface area contributed by atoms with Crippen molar-refractivity contribution >= 4 is 32.5 Å². The molecule has 0 aliphatic rings. The summed E-state index contributed by atoms with van der Waals surface area (Å²) in [5.74, 6) is -0.417. The number of nitrogens with one attached hydrogen (secondary N) is 2. The number of aromatic amines is 1. The van der Waals surface area contributed by atoms with Gasteiger partial charge in [0.25, 0.3) is 11.6 Å². The van der Waals surface area contributed by atoms with Gasteiger partial charge in [0.15, 0.2) is 0 Å². The third-order valence-electron chi connectivity index (χ3n) is 7.15. The molecule has 3 N–H and O–H groups in total. The fourth-order valence-corrected chi connectivity index (χ4v) is 6.36. The molecule has 220 valence electrons. The van der Waals surface area contributed by atoms with Crippen LogP contribution in [-0.2, 0) is 23.0 Å². The normalized spacial score (nSPS) is 13.1. The molecular formula is C32H30N4O6S. The second kappa shape index (κ2) is 13.0. The molecule has 0 radical (unpaired) electrons. The number of non-ortho nitro benzene ring substituents is 1. The molecule has 0 aliphatic carbocycles. The van der Waals surface area contributed by atoms with Gasteiger partial charge in [-0.1, -0.05) is 66.7 Å². The van der Waals surface area contributed by atoms with Gasteiger partial charge >= 0.3 is 0 Å². The van der Waals surface area contributed by atoms with E-state index in [1.54, 1.807) is 54.7 Å². The van der Waals surface area contributed by atoms with E-state index in [1.165, 1.54) is 18.2 Å². The van der Waals surface area contributed by atoms with Crippen molar-refractivity contribution in [3.05, 3.63) is 142 Å². The highest BCUT2D eigenvalue weighted by Gasteiger charge is 2.32. The summed E-state index contributed by atoms with van der Waals surface area (Å²) in [6, 6.07) is 29.1. The van der Waals surface area contributed by atoms with E-state index >= 15 is 0 Å². The van der Waals surface area contributed by atoms with Crippen LogP contribution < -0.4 is 5.32 Å². The Labute approximate surface area is 248 Å². The molecule has 43 heavy (non-hydrogen) atoms. The zero-order valence-electron chi connectivity index (χ0n) is 23.0. The number of nitrogens with zero attached hydrogens (tertiary/aromatic N) is 2. The summed E-state index contributed by atoms with van der Waals surface area (Å²) in [5.41, 5.74) is 2.40. The average Bonchev–Trinajstić information content (AvgIpc) is 3.49. The summed E-state index contributed by atoms with van der Waals surface area (Å²) in [6.07, 6.45) is 0.672. The monoisotopic (exact) mass is 598 g/mol. The number of sulfonamides is 1. The van der Waals surface area contributed by atoms with Crippen LogP contribution in [0.25, 0.3) is 10.9 Å². The number of carbonyl (C=O) groups excluding carboxylic acids is 1. The fourth-order valence-electron chi connectivity index (χ4n) is 4.87. The first-order valence-corrected chi connectivity index (χ1v) is 15.0. The van der Waals surface area contributed by atoms with Crippen LogP contribution in [0.1, 0.15) is 21.5 Å². The van der Waals surface area contributed by atoms with E-state index < -0.39 is 33.0 Å².